The largest absolute Gasteiger partial charge is 0.454 e. The van der Waals surface area contributed by atoms with Crippen molar-refractivity contribution >= 4 is 22.6 Å². The molecular weight excluding hydrogens is 332 g/mol. The number of hydrogen-bond acceptors (Lipinski definition) is 6. The summed E-state index contributed by atoms with van der Waals surface area (Å²) in [5, 5.41) is 4.99. The van der Waals surface area contributed by atoms with Gasteiger partial charge in [-0.1, -0.05) is 12.1 Å². The molecule has 0 saturated carbocycles. The molecule has 1 aliphatic rings. The monoisotopic (exact) mass is 350 g/mol. The van der Waals surface area contributed by atoms with Crippen molar-refractivity contribution in [2.45, 2.75) is 20.4 Å². The van der Waals surface area contributed by atoms with Crippen LogP contribution in [0.4, 0.5) is 5.95 Å². The van der Waals surface area contributed by atoms with Crippen LogP contribution in [0.25, 0.3) is 10.9 Å². The fourth-order valence-electron chi connectivity index (χ4n) is 2.87. The summed E-state index contributed by atoms with van der Waals surface area (Å²) in [5.41, 5.74) is 5.12. The third-order valence-corrected chi connectivity index (χ3v) is 4.29. The highest BCUT2D eigenvalue weighted by Gasteiger charge is 2.14. The van der Waals surface area contributed by atoms with Crippen LogP contribution in [0.1, 0.15) is 19.4 Å². The van der Waals surface area contributed by atoms with E-state index in [0.717, 1.165) is 17.0 Å². The van der Waals surface area contributed by atoms with Gasteiger partial charge in [-0.2, -0.15) is 5.10 Å². The van der Waals surface area contributed by atoms with E-state index in [4.69, 9.17) is 9.47 Å². The van der Waals surface area contributed by atoms with Gasteiger partial charge in [-0.25, -0.2) is 10.4 Å². The van der Waals surface area contributed by atoms with Crippen LogP contribution >= 0.6 is 0 Å². The third-order valence-electron chi connectivity index (χ3n) is 4.29. The average Bonchev–Trinajstić information content (AvgIpc) is 3.14. The lowest BCUT2D eigenvalue weighted by atomic mass is 10.1. The summed E-state index contributed by atoms with van der Waals surface area (Å²) in [4.78, 5) is 17.2. The molecule has 0 aliphatic carbocycles. The molecule has 0 atom stereocenters. The van der Waals surface area contributed by atoms with Gasteiger partial charge in [0, 0.05) is 12.1 Å². The van der Waals surface area contributed by atoms with Gasteiger partial charge < -0.3 is 9.47 Å². The maximum Gasteiger partial charge on any atom is 0.262 e. The number of rotatable bonds is 4. The van der Waals surface area contributed by atoms with Crippen molar-refractivity contribution in [2.24, 2.45) is 5.10 Å². The van der Waals surface area contributed by atoms with Gasteiger partial charge >= 0.3 is 0 Å². The molecule has 0 bridgehead atoms. The first-order valence-electron chi connectivity index (χ1n) is 8.37. The molecule has 1 aliphatic heterocycles. The summed E-state index contributed by atoms with van der Waals surface area (Å²) in [6.07, 6.45) is 0. The molecular formula is C19H18N4O3. The molecule has 3 aromatic rings. The number of nitrogens with zero attached hydrogens (tertiary/aromatic N) is 3. The predicted octanol–water partition coefficient (Wildman–Crippen LogP) is 2.98. The third kappa shape index (κ3) is 2.77. The first kappa shape index (κ1) is 16.1. The Morgan fingerprint density at radius 3 is 2.88 bits per heavy atom. The molecule has 0 spiro atoms. The van der Waals surface area contributed by atoms with Gasteiger partial charge in [-0.3, -0.25) is 9.36 Å². The van der Waals surface area contributed by atoms with Crippen molar-refractivity contribution in [3.8, 4) is 11.5 Å². The van der Waals surface area contributed by atoms with Gasteiger partial charge in [0.05, 0.1) is 16.6 Å². The number of para-hydroxylation sites is 1. The molecule has 0 radical (unpaired) electrons. The summed E-state index contributed by atoms with van der Waals surface area (Å²) < 4.78 is 12.3. The summed E-state index contributed by atoms with van der Waals surface area (Å²) >= 11 is 0. The molecule has 0 amide bonds. The molecule has 132 valence electrons. The van der Waals surface area contributed by atoms with Gasteiger partial charge in [0.15, 0.2) is 11.5 Å². The van der Waals surface area contributed by atoms with Gasteiger partial charge in [-0.05, 0) is 44.2 Å². The molecule has 0 fully saturated rings. The van der Waals surface area contributed by atoms with E-state index >= 15 is 0 Å². The summed E-state index contributed by atoms with van der Waals surface area (Å²) in [7, 11) is 0. The van der Waals surface area contributed by atoms with Crippen LogP contribution in [0.5, 0.6) is 11.5 Å². The first-order chi connectivity index (χ1) is 12.7. The quantitative estimate of drug-likeness (QED) is 0.578. The van der Waals surface area contributed by atoms with E-state index in [-0.39, 0.29) is 12.4 Å². The van der Waals surface area contributed by atoms with Crippen molar-refractivity contribution < 1.29 is 9.47 Å². The molecule has 1 aromatic heterocycles. The standard InChI is InChI=1S/C19H18N4O3/c1-3-23-18(24)14-6-4-5-7-15(14)20-19(23)22-21-12(2)13-8-9-16-17(10-13)26-11-25-16/h4-10H,3,11H2,1-2H3,(H,20,22)/b21-12-. The van der Waals surface area contributed by atoms with E-state index in [0.29, 0.717) is 29.1 Å². The van der Waals surface area contributed by atoms with Crippen molar-refractivity contribution in [2.75, 3.05) is 12.2 Å². The molecule has 7 heteroatoms. The Bertz CT molecular complexity index is 1070. The average molecular weight is 350 g/mol. The lowest BCUT2D eigenvalue weighted by Gasteiger charge is -2.11. The zero-order valence-electron chi connectivity index (χ0n) is 14.5. The zero-order chi connectivity index (χ0) is 18.1. The Kier molecular flexibility index (Phi) is 4.04. The minimum Gasteiger partial charge on any atom is -0.454 e. The highest BCUT2D eigenvalue weighted by atomic mass is 16.7. The molecule has 0 saturated heterocycles. The Balaban J connectivity index is 1.68. The Labute approximate surface area is 149 Å². The molecule has 4 rings (SSSR count). The van der Waals surface area contributed by atoms with Crippen LogP contribution in [0.3, 0.4) is 0 Å². The second kappa shape index (κ2) is 6.51. The molecule has 2 heterocycles. The fourth-order valence-corrected chi connectivity index (χ4v) is 2.87. The minimum atomic E-state index is -0.0865. The van der Waals surface area contributed by atoms with E-state index in [1.165, 1.54) is 0 Å². The number of anilines is 1. The van der Waals surface area contributed by atoms with Gasteiger partial charge in [0.25, 0.3) is 5.56 Å². The Morgan fingerprint density at radius 2 is 2.04 bits per heavy atom. The predicted molar refractivity (Wildman–Crippen MR) is 100 cm³/mol. The van der Waals surface area contributed by atoms with Crippen LogP contribution in [0.15, 0.2) is 52.4 Å². The van der Waals surface area contributed by atoms with Crippen molar-refractivity contribution in [1.29, 1.82) is 0 Å². The molecule has 26 heavy (non-hydrogen) atoms. The summed E-state index contributed by atoms with van der Waals surface area (Å²) in [6, 6.07) is 12.9. The number of hydrogen-bond donors (Lipinski definition) is 1. The maximum absolute atomic E-state index is 12.6. The number of aromatic nitrogens is 2. The highest BCUT2D eigenvalue weighted by molar-refractivity contribution is 5.99. The number of benzene rings is 2. The van der Waals surface area contributed by atoms with Gasteiger partial charge in [0.2, 0.25) is 12.7 Å². The van der Waals surface area contributed by atoms with E-state index in [1.54, 1.807) is 10.6 Å². The van der Waals surface area contributed by atoms with E-state index in [1.807, 2.05) is 50.2 Å². The van der Waals surface area contributed by atoms with E-state index in [2.05, 4.69) is 15.5 Å². The Morgan fingerprint density at radius 1 is 1.23 bits per heavy atom. The fraction of sp³-hybridized carbons (Fsp3) is 0.211. The highest BCUT2D eigenvalue weighted by Crippen LogP contribution is 2.32. The van der Waals surface area contributed by atoms with Gasteiger partial charge in [-0.15, -0.1) is 0 Å². The zero-order valence-corrected chi connectivity index (χ0v) is 14.5. The number of fused-ring (bicyclic) bond motifs is 2. The minimum absolute atomic E-state index is 0.0865. The maximum atomic E-state index is 12.6. The second-order valence-electron chi connectivity index (χ2n) is 5.88. The van der Waals surface area contributed by atoms with Crippen LogP contribution < -0.4 is 20.5 Å². The van der Waals surface area contributed by atoms with E-state index < -0.39 is 0 Å². The summed E-state index contributed by atoms with van der Waals surface area (Å²) in [5.74, 6) is 1.84. The normalized spacial score (nSPS) is 13.2. The lowest BCUT2D eigenvalue weighted by molar-refractivity contribution is 0.174. The van der Waals surface area contributed by atoms with E-state index in [9.17, 15) is 4.79 Å². The topological polar surface area (TPSA) is 77.7 Å². The number of hydrazone groups is 1. The van der Waals surface area contributed by atoms with Crippen molar-refractivity contribution in [3.63, 3.8) is 0 Å². The van der Waals surface area contributed by atoms with Crippen LogP contribution in [0, 0.1) is 0 Å². The second-order valence-corrected chi connectivity index (χ2v) is 5.88. The molecule has 1 N–H and O–H groups in total. The van der Waals surface area contributed by atoms with Crippen molar-refractivity contribution in [3.05, 3.63) is 58.4 Å². The van der Waals surface area contributed by atoms with Crippen LogP contribution in [-0.4, -0.2) is 22.1 Å². The van der Waals surface area contributed by atoms with Gasteiger partial charge in [0.1, 0.15) is 0 Å². The molecule has 0 unspecified atom stereocenters. The van der Waals surface area contributed by atoms with Crippen LogP contribution in [-0.2, 0) is 6.54 Å². The number of ether oxygens (including phenoxy) is 2. The summed E-state index contributed by atoms with van der Waals surface area (Å²) in [6.45, 7) is 4.51. The lowest BCUT2D eigenvalue weighted by Crippen LogP contribution is -2.23. The smallest absolute Gasteiger partial charge is 0.262 e. The Hall–Kier alpha value is -3.35. The number of nitrogens with one attached hydrogen (secondary N) is 1. The first-order valence-corrected chi connectivity index (χ1v) is 8.37. The molecule has 2 aromatic carbocycles. The van der Waals surface area contributed by atoms with Crippen LogP contribution in [0.2, 0.25) is 0 Å². The van der Waals surface area contributed by atoms with Crippen molar-refractivity contribution in [1.82, 2.24) is 9.55 Å². The SMILES string of the molecule is CCn1c(N/N=C(/C)c2ccc3c(c2)OCO3)nc2ccccc2c1=O. The molecule has 7 nitrogen and oxygen atoms in total.